The Morgan fingerprint density at radius 3 is 2.31 bits per heavy atom. The van der Waals surface area contributed by atoms with Crippen molar-refractivity contribution in [1.82, 2.24) is 4.90 Å². The minimum atomic E-state index is -0.554. The van der Waals surface area contributed by atoms with E-state index in [9.17, 15) is 9.59 Å². The van der Waals surface area contributed by atoms with Crippen molar-refractivity contribution < 1.29 is 14.3 Å². The van der Waals surface area contributed by atoms with Gasteiger partial charge in [-0.2, -0.15) is 0 Å². The molecule has 1 fully saturated rings. The van der Waals surface area contributed by atoms with Crippen LogP contribution in [0.2, 0.25) is 0 Å². The van der Waals surface area contributed by atoms with Crippen LogP contribution in [0, 0.1) is 0 Å². The number of ether oxygens (including phenoxy) is 1. The van der Waals surface area contributed by atoms with E-state index in [1.54, 1.807) is 20.8 Å². The fourth-order valence-electron chi connectivity index (χ4n) is 1.89. The molecule has 2 atom stereocenters. The van der Waals surface area contributed by atoms with E-state index in [4.69, 9.17) is 10.5 Å². The lowest BCUT2D eigenvalue weighted by Gasteiger charge is -2.29. The van der Waals surface area contributed by atoms with Gasteiger partial charge in [0.1, 0.15) is 11.6 Å². The molecule has 0 radical (unpaired) electrons. The van der Waals surface area contributed by atoms with Gasteiger partial charge in [0.05, 0.1) is 0 Å². The molecule has 1 saturated heterocycles. The maximum Gasteiger partial charge on any atom is 0.411 e. The fourth-order valence-corrected chi connectivity index (χ4v) is 1.89. The first-order valence-electron chi connectivity index (χ1n) is 5.53. The number of hydrogen-bond donors (Lipinski definition) is 1. The highest BCUT2D eigenvalue weighted by Gasteiger charge is 2.39. The van der Waals surface area contributed by atoms with Crippen molar-refractivity contribution in [2.75, 3.05) is 0 Å². The Bertz CT molecular complexity index is 296. The number of amides is 2. The van der Waals surface area contributed by atoms with E-state index in [-0.39, 0.29) is 6.04 Å². The Morgan fingerprint density at radius 2 is 1.88 bits per heavy atom. The number of likely N-dealkylation sites (tertiary alicyclic amines) is 1. The standard InChI is InChI=1S/C11H20N2O3/c1-7-5-6-8(9(12)14)13(7)10(15)16-11(2,3)4/h7-8H,5-6H2,1-4H3,(H2,12,14)/t7-,8-/m0/s1. The molecule has 0 aromatic carbocycles. The number of primary amides is 1. The first-order chi connectivity index (χ1) is 7.22. The van der Waals surface area contributed by atoms with Crippen molar-refractivity contribution in [3.63, 3.8) is 0 Å². The zero-order valence-electron chi connectivity index (χ0n) is 10.3. The van der Waals surface area contributed by atoms with Crippen molar-refractivity contribution in [3.05, 3.63) is 0 Å². The molecule has 2 amide bonds. The molecule has 0 aliphatic carbocycles. The van der Waals surface area contributed by atoms with Gasteiger partial charge in [0.25, 0.3) is 0 Å². The normalized spacial score (nSPS) is 25.6. The number of nitrogens with zero attached hydrogens (tertiary/aromatic N) is 1. The van der Waals surface area contributed by atoms with Crippen molar-refractivity contribution in [1.29, 1.82) is 0 Å². The van der Waals surface area contributed by atoms with Crippen molar-refractivity contribution in [2.45, 2.75) is 58.2 Å². The average molecular weight is 228 g/mol. The summed E-state index contributed by atoms with van der Waals surface area (Å²) in [6.45, 7) is 7.29. The molecule has 1 rings (SSSR count). The SMILES string of the molecule is C[C@H]1CC[C@@H](C(N)=O)N1C(=O)OC(C)(C)C. The van der Waals surface area contributed by atoms with Crippen LogP contribution in [0.4, 0.5) is 4.79 Å². The van der Waals surface area contributed by atoms with Crippen LogP contribution in [0.1, 0.15) is 40.5 Å². The maximum absolute atomic E-state index is 11.9. The lowest BCUT2D eigenvalue weighted by atomic mass is 10.2. The zero-order chi connectivity index (χ0) is 12.5. The molecule has 1 aliphatic heterocycles. The highest BCUT2D eigenvalue weighted by Crippen LogP contribution is 2.25. The molecule has 16 heavy (non-hydrogen) atoms. The Labute approximate surface area is 95.9 Å². The molecule has 0 spiro atoms. The molecule has 5 nitrogen and oxygen atoms in total. The second kappa shape index (κ2) is 4.31. The van der Waals surface area contributed by atoms with E-state index in [0.717, 1.165) is 6.42 Å². The van der Waals surface area contributed by atoms with E-state index in [1.807, 2.05) is 6.92 Å². The third-order valence-corrected chi connectivity index (χ3v) is 2.60. The molecule has 0 bridgehead atoms. The second-order valence-electron chi connectivity index (χ2n) is 5.23. The van der Waals surface area contributed by atoms with E-state index in [0.29, 0.717) is 6.42 Å². The van der Waals surface area contributed by atoms with Crippen molar-refractivity contribution in [3.8, 4) is 0 Å². The molecule has 0 saturated carbocycles. The van der Waals surface area contributed by atoms with Crippen LogP contribution in [0.25, 0.3) is 0 Å². The molecule has 2 N–H and O–H groups in total. The summed E-state index contributed by atoms with van der Waals surface area (Å²) in [4.78, 5) is 24.5. The quantitative estimate of drug-likeness (QED) is 0.734. The van der Waals surface area contributed by atoms with E-state index >= 15 is 0 Å². The summed E-state index contributed by atoms with van der Waals surface area (Å²) in [6, 6.07) is -0.516. The van der Waals surface area contributed by atoms with Gasteiger partial charge in [-0.15, -0.1) is 0 Å². The summed E-state index contributed by atoms with van der Waals surface area (Å²) in [5.74, 6) is -0.463. The minimum Gasteiger partial charge on any atom is -0.444 e. The van der Waals surface area contributed by atoms with Gasteiger partial charge < -0.3 is 10.5 Å². The number of carbonyl (C=O) groups excluding carboxylic acids is 2. The van der Waals surface area contributed by atoms with Crippen molar-refractivity contribution >= 4 is 12.0 Å². The predicted octanol–water partition coefficient (Wildman–Crippen LogP) is 1.26. The van der Waals surface area contributed by atoms with E-state index in [2.05, 4.69) is 0 Å². The van der Waals surface area contributed by atoms with Crippen LogP contribution in [0.3, 0.4) is 0 Å². The molecular formula is C11H20N2O3. The molecule has 0 unspecified atom stereocenters. The molecule has 1 heterocycles. The second-order valence-corrected chi connectivity index (χ2v) is 5.23. The smallest absolute Gasteiger partial charge is 0.411 e. The van der Waals surface area contributed by atoms with Crippen LogP contribution in [-0.2, 0) is 9.53 Å². The highest BCUT2D eigenvalue weighted by molar-refractivity contribution is 5.85. The van der Waals surface area contributed by atoms with Crippen LogP contribution >= 0.6 is 0 Å². The van der Waals surface area contributed by atoms with Gasteiger partial charge in [-0.3, -0.25) is 9.69 Å². The molecule has 0 aromatic rings. The third kappa shape index (κ3) is 2.87. The molecular weight excluding hydrogens is 208 g/mol. The first-order valence-corrected chi connectivity index (χ1v) is 5.53. The van der Waals surface area contributed by atoms with Gasteiger partial charge in [-0.25, -0.2) is 4.79 Å². The zero-order valence-corrected chi connectivity index (χ0v) is 10.3. The topological polar surface area (TPSA) is 72.6 Å². The van der Waals surface area contributed by atoms with Gasteiger partial charge in [-0.05, 0) is 40.5 Å². The Balaban J connectivity index is 2.76. The van der Waals surface area contributed by atoms with Gasteiger partial charge in [0.15, 0.2) is 0 Å². The lowest BCUT2D eigenvalue weighted by Crippen LogP contribution is -2.48. The largest absolute Gasteiger partial charge is 0.444 e. The monoisotopic (exact) mass is 228 g/mol. The molecule has 5 heteroatoms. The van der Waals surface area contributed by atoms with Gasteiger partial charge >= 0.3 is 6.09 Å². The summed E-state index contributed by atoms with van der Waals surface area (Å²) >= 11 is 0. The Kier molecular flexibility index (Phi) is 3.45. The Hall–Kier alpha value is -1.26. The van der Waals surface area contributed by atoms with Gasteiger partial charge in [0, 0.05) is 6.04 Å². The number of nitrogens with two attached hydrogens (primary N) is 1. The van der Waals surface area contributed by atoms with Gasteiger partial charge in [-0.1, -0.05) is 0 Å². The number of hydrogen-bond acceptors (Lipinski definition) is 3. The summed E-state index contributed by atoms with van der Waals surface area (Å²) < 4.78 is 5.25. The van der Waals surface area contributed by atoms with Crippen LogP contribution < -0.4 is 5.73 Å². The summed E-state index contributed by atoms with van der Waals surface area (Å²) in [7, 11) is 0. The summed E-state index contributed by atoms with van der Waals surface area (Å²) in [5, 5.41) is 0. The number of rotatable bonds is 1. The lowest BCUT2D eigenvalue weighted by molar-refractivity contribution is -0.122. The van der Waals surface area contributed by atoms with Crippen LogP contribution in [-0.4, -0.2) is 34.6 Å². The van der Waals surface area contributed by atoms with E-state index in [1.165, 1.54) is 4.90 Å². The predicted molar refractivity (Wildman–Crippen MR) is 59.8 cm³/mol. The summed E-state index contributed by atoms with van der Waals surface area (Å²) in [5.41, 5.74) is 4.71. The van der Waals surface area contributed by atoms with Crippen LogP contribution in [0.5, 0.6) is 0 Å². The van der Waals surface area contributed by atoms with Crippen LogP contribution in [0.15, 0.2) is 0 Å². The fraction of sp³-hybridized carbons (Fsp3) is 0.818. The Morgan fingerprint density at radius 1 is 1.31 bits per heavy atom. The molecule has 0 aromatic heterocycles. The molecule has 92 valence electrons. The minimum absolute atomic E-state index is 0.00681. The average Bonchev–Trinajstić information content (AvgIpc) is 2.43. The molecule has 1 aliphatic rings. The van der Waals surface area contributed by atoms with Crippen molar-refractivity contribution in [2.24, 2.45) is 5.73 Å². The third-order valence-electron chi connectivity index (χ3n) is 2.60. The summed E-state index contributed by atoms with van der Waals surface area (Å²) in [6.07, 6.45) is 0.948. The highest BCUT2D eigenvalue weighted by atomic mass is 16.6. The first kappa shape index (κ1) is 12.8. The van der Waals surface area contributed by atoms with E-state index < -0.39 is 23.6 Å². The maximum atomic E-state index is 11.9. The number of carbonyl (C=O) groups is 2. The van der Waals surface area contributed by atoms with Gasteiger partial charge in [0.2, 0.25) is 5.91 Å².